The van der Waals surface area contributed by atoms with Crippen molar-refractivity contribution in [3.8, 4) is 11.5 Å². The van der Waals surface area contributed by atoms with Crippen molar-refractivity contribution in [2.45, 2.75) is 26.0 Å². The van der Waals surface area contributed by atoms with Crippen LogP contribution in [0.3, 0.4) is 0 Å². The fourth-order valence-corrected chi connectivity index (χ4v) is 3.56. The first-order valence-electron chi connectivity index (χ1n) is 10.2. The Morgan fingerprint density at radius 1 is 0.935 bits per heavy atom. The van der Waals surface area contributed by atoms with Crippen LogP contribution < -0.4 is 19.7 Å². The van der Waals surface area contributed by atoms with Gasteiger partial charge in [-0.15, -0.1) is 0 Å². The SMILES string of the molecule is C[C@@H]1CC(=O)Nc2ccccc2N1C(=O)COc1ccc(OCc2ccccc2)cc1. The van der Waals surface area contributed by atoms with Crippen LogP contribution in [0.5, 0.6) is 11.5 Å². The highest BCUT2D eigenvalue weighted by atomic mass is 16.5. The molecule has 3 aromatic carbocycles. The average molecular weight is 416 g/mol. The zero-order chi connectivity index (χ0) is 21.6. The molecule has 1 aliphatic heterocycles. The van der Waals surface area contributed by atoms with E-state index in [-0.39, 0.29) is 30.9 Å². The second-order valence-electron chi connectivity index (χ2n) is 7.42. The minimum atomic E-state index is -0.270. The van der Waals surface area contributed by atoms with Gasteiger partial charge in [-0.25, -0.2) is 0 Å². The Morgan fingerprint density at radius 3 is 2.32 bits per heavy atom. The first-order valence-corrected chi connectivity index (χ1v) is 10.2. The number of ether oxygens (including phenoxy) is 2. The summed E-state index contributed by atoms with van der Waals surface area (Å²) in [6.45, 7) is 2.22. The van der Waals surface area contributed by atoms with Gasteiger partial charge >= 0.3 is 0 Å². The van der Waals surface area contributed by atoms with E-state index in [1.807, 2.05) is 67.6 Å². The molecule has 0 radical (unpaired) electrons. The van der Waals surface area contributed by atoms with E-state index in [1.54, 1.807) is 23.1 Å². The lowest BCUT2D eigenvalue weighted by molar-refractivity contribution is -0.121. The van der Waals surface area contributed by atoms with Gasteiger partial charge in [0.1, 0.15) is 18.1 Å². The number of hydrogen-bond donors (Lipinski definition) is 1. The Balaban J connectivity index is 1.37. The molecule has 6 heteroatoms. The summed E-state index contributed by atoms with van der Waals surface area (Å²) in [6.07, 6.45) is 0.230. The van der Waals surface area contributed by atoms with Gasteiger partial charge in [0.05, 0.1) is 11.4 Å². The van der Waals surface area contributed by atoms with Crippen molar-refractivity contribution in [2.24, 2.45) is 0 Å². The van der Waals surface area contributed by atoms with Crippen LogP contribution in [0.25, 0.3) is 0 Å². The Morgan fingerprint density at radius 2 is 1.58 bits per heavy atom. The summed E-state index contributed by atoms with van der Waals surface area (Å²) < 4.78 is 11.5. The second kappa shape index (κ2) is 9.34. The molecule has 1 aliphatic rings. The van der Waals surface area contributed by atoms with Crippen molar-refractivity contribution in [3.05, 3.63) is 84.4 Å². The van der Waals surface area contributed by atoms with Crippen LogP contribution in [0.2, 0.25) is 0 Å². The fraction of sp³-hybridized carbons (Fsp3) is 0.200. The molecule has 0 aromatic heterocycles. The predicted molar refractivity (Wildman–Crippen MR) is 119 cm³/mol. The molecule has 0 spiro atoms. The topological polar surface area (TPSA) is 67.9 Å². The van der Waals surface area contributed by atoms with Crippen LogP contribution in [0.4, 0.5) is 11.4 Å². The van der Waals surface area contributed by atoms with E-state index in [0.717, 1.165) is 11.3 Å². The highest BCUT2D eigenvalue weighted by Gasteiger charge is 2.29. The lowest BCUT2D eigenvalue weighted by Gasteiger charge is -2.27. The number of hydrogen-bond acceptors (Lipinski definition) is 4. The van der Waals surface area contributed by atoms with E-state index in [4.69, 9.17) is 9.47 Å². The van der Waals surface area contributed by atoms with Crippen LogP contribution >= 0.6 is 0 Å². The molecular weight excluding hydrogens is 392 g/mol. The van der Waals surface area contributed by atoms with Crippen LogP contribution in [0.1, 0.15) is 18.9 Å². The minimum Gasteiger partial charge on any atom is -0.489 e. The molecule has 1 N–H and O–H groups in total. The molecule has 0 saturated heterocycles. The second-order valence-corrected chi connectivity index (χ2v) is 7.42. The molecule has 6 nitrogen and oxygen atoms in total. The van der Waals surface area contributed by atoms with Crippen molar-refractivity contribution in [1.82, 2.24) is 0 Å². The van der Waals surface area contributed by atoms with Gasteiger partial charge in [-0.1, -0.05) is 42.5 Å². The molecule has 4 rings (SSSR count). The normalized spacial score (nSPS) is 15.5. The molecule has 158 valence electrons. The summed E-state index contributed by atoms with van der Waals surface area (Å²) >= 11 is 0. The molecule has 3 aromatic rings. The van der Waals surface area contributed by atoms with E-state index in [9.17, 15) is 9.59 Å². The third kappa shape index (κ3) is 5.04. The predicted octanol–water partition coefficient (Wildman–Crippen LogP) is 4.41. The zero-order valence-corrected chi connectivity index (χ0v) is 17.3. The molecule has 1 atom stereocenters. The minimum absolute atomic E-state index is 0.109. The number of amides is 2. The highest BCUT2D eigenvalue weighted by molar-refractivity contribution is 6.04. The monoisotopic (exact) mass is 416 g/mol. The number of rotatable bonds is 6. The van der Waals surface area contributed by atoms with Gasteiger partial charge in [0.15, 0.2) is 6.61 Å². The Kier molecular flexibility index (Phi) is 6.17. The summed E-state index contributed by atoms with van der Waals surface area (Å²) in [5.74, 6) is 0.982. The average Bonchev–Trinajstić information content (AvgIpc) is 2.91. The molecular formula is C25H24N2O4. The Hall–Kier alpha value is -3.80. The number of para-hydroxylation sites is 2. The van der Waals surface area contributed by atoms with Crippen LogP contribution in [-0.4, -0.2) is 24.5 Å². The van der Waals surface area contributed by atoms with Crippen LogP contribution in [0.15, 0.2) is 78.9 Å². The molecule has 2 amide bonds. The van der Waals surface area contributed by atoms with E-state index in [1.165, 1.54) is 0 Å². The Bertz CT molecular complexity index is 1050. The van der Waals surface area contributed by atoms with Gasteiger partial charge < -0.3 is 19.7 Å². The number of anilines is 2. The number of carbonyl (C=O) groups is 2. The van der Waals surface area contributed by atoms with E-state index in [2.05, 4.69) is 5.32 Å². The van der Waals surface area contributed by atoms with Gasteiger partial charge in [0, 0.05) is 12.5 Å². The van der Waals surface area contributed by atoms with E-state index < -0.39 is 0 Å². The Labute approximate surface area is 181 Å². The highest BCUT2D eigenvalue weighted by Crippen LogP contribution is 2.31. The first-order chi connectivity index (χ1) is 15.1. The third-order valence-corrected chi connectivity index (χ3v) is 5.06. The summed E-state index contributed by atoms with van der Waals surface area (Å²) in [7, 11) is 0. The lowest BCUT2D eigenvalue weighted by Crippen LogP contribution is -2.41. The van der Waals surface area contributed by atoms with E-state index in [0.29, 0.717) is 23.7 Å². The van der Waals surface area contributed by atoms with Crippen molar-refractivity contribution in [2.75, 3.05) is 16.8 Å². The number of nitrogens with one attached hydrogen (secondary N) is 1. The molecule has 0 unspecified atom stereocenters. The smallest absolute Gasteiger partial charge is 0.265 e. The van der Waals surface area contributed by atoms with Crippen molar-refractivity contribution < 1.29 is 19.1 Å². The lowest BCUT2D eigenvalue weighted by atomic mass is 10.1. The van der Waals surface area contributed by atoms with Crippen LogP contribution in [0, 0.1) is 0 Å². The molecule has 0 bridgehead atoms. The third-order valence-electron chi connectivity index (χ3n) is 5.06. The molecule has 0 fully saturated rings. The van der Waals surface area contributed by atoms with E-state index >= 15 is 0 Å². The summed E-state index contributed by atoms with van der Waals surface area (Å²) in [4.78, 5) is 26.7. The van der Waals surface area contributed by atoms with Crippen molar-refractivity contribution in [1.29, 1.82) is 0 Å². The van der Waals surface area contributed by atoms with Gasteiger partial charge in [-0.05, 0) is 48.9 Å². The summed E-state index contributed by atoms with van der Waals surface area (Å²) in [5, 5.41) is 2.85. The fourth-order valence-electron chi connectivity index (χ4n) is 3.56. The quantitative estimate of drug-likeness (QED) is 0.646. The molecule has 1 heterocycles. The summed E-state index contributed by atoms with van der Waals surface area (Å²) in [5.41, 5.74) is 2.40. The maximum Gasteiger partial charge on any atom is 0.265 e. The largest absolute Gasteiger partial charge is 0.489 e. The first kappa shape index (κ1) is 20.5. The molecule has 0 saturated carbocycles. The number of nitrogens with zero attached hydrogens (tertiary/aromatic N) is 1. The number of benzene rings is 3. The molecule has 0 aliphatic carbocycles. The standard InChI is InChI=1S/C25H24N2O4/c1-18-15-24(28)26-22-9-5-6-10-23(22)27(18)25(29)17-31-21-13-11-20(12-14-21)30-16-19-7-3-2-4-8-19/h2-14,18H,15-17H2,1H3,(H,26,28)/t18-/m1/s1. The van der Waals surface area contributed by atoms with Gasteiger partial charge in [0.2, 0.25) is 5.91 Å². The van der Waals surface area contributed by atoms with Crippen LogP contribution in [-0.2, 0) is 16.2 Å². The van der Waals surface area contributed by atoms with Crippen molar-refractivity contribution >= 4 is 23.2 Å². The van der Waals surface area contributed by atoms with Gasteiger partial charge in [-0.2, -0.15) is 0 Å². The molecule has 31 heavy (non-hydrogen) atoms. The maximum absolute atomic E-state index is 13.0. The zero-order valence-electron chi connectivity index (χ0n) is 17.3. The summed E-state index contributed by atoms with van der Waals surface area (Å²) in [6, 6.07) is 24.1. The number of fused-ring (bicyclic) bond motifs is 1. The van der Waals surface area contributed by atoms with Crippen molar-refractivity contribution in [3.63, 3.8) is 0 Å². The number of carbonyl (C=O) groups excluding carboxylic acids is 2. The van der Waals surface area contributed by atoms with Gasteiger partial charge in [0.25, 0.3) is 5.91 Å². The van der Waals surface area contributed by atoms with Gasteiger partial charge in [-0.3, -0.25) is 9.59 Å². The maximum atomic E-state index is 13.0.